The maximum Gasteiger partial charge on any atom is 0.252 e. The van der Waals surface area contributed by atoms with Crippen LogP contribution in [0.25, 0.3) is 10.9 Å². The average Bonchev–Trinajstić information content (AvgIpc) is 3.02. The van der Waals surface area contributed by atoms with Crippen molar-refractivity contribution >= 4 is 40.2 Å². The van der Waals surface area contributed by atoms with E-state index in [0.717, 1.165) is 50.5 Å². The number of aromatic nitrogens is 1. The van der Waals surface area contributed by atoms with E-state index in [1.807, 2.05) is 48.7 Å². The first-order chi connectivity index (χ1) is 12.2. The molecule has 0 bridgehead atoms. The molecule has 0 aliphatic rings. The Morgan fingerprint density at radius 1 is 1.24 bits per heavy atom. The molecular weight excluding hydrogens is 352 g/mol. The summed E-state index contributed by atoms with van der Waals surface area (Å²) in [4.78, 5) is 16.8. The number of hydrogen-bond acceptors (Lipinski definition) is 2. The fourth-order valence-electron chi connectivity index (χ4n) is 2.76. The number of amides is 1. The highest BCUT2D eigenvalue weighted by atomic mass is 35.5. The molecule has 3 aromatic rings. The largest absolute Gasteiger partial charge is 0.361 e. The third-order valence-electron chi connectivity index (χ3n) is 4.00. The fraction of sp³-hybridized carbons (Fsp3) is 0.250. The molecule has 0 saturated heterocycles. The predicted octanol–water partition coefficient (Wildman–Crippen LogP) is 5.30. The summed E-state index contributed by atoms with van der Waals surface area (Å²) in [5.41, 5.74) is 2.97. The van der Waals surface area contributed by atoms with Crippen LogP contribution < -0.4 is 5.32 Å². The van der Waals surface area contributed by atoms with Crippen molar-refractivity contribution in [3.8, 4) is 0 Å². The van der Waals surface area contributed by atoms with E-state index in [1.165, 1.54) is 0 Å². The molecule has 1 heterocycles. The van der Waals surface area contributed by atoms with Gasteiger partial charge in [0.15, 0.2) is 0 Å². The topological polar surface area (TPSA) is 44.9 Å². The minimum absolute atomic E-state index is 0.0166. The highest BCUT2D eigenvalue weighted by Crippen LogP contribution is 2.24. The van der Waals surface area contributed by atoms with Crippen molar-refractivity contribution in [3.63, 3.8) is 0 Å². The van der Waals surface area contributed by atoms with Gasteiger partial charge in [-0.2, -0.15) is 0 Å². The molecule has 0 aliphatic carbocycles. The zero-order chi connectivity index (χ0) is 17.6. The molecule has 2 N–H and O–H groups in total. The molecule has 2 aromatic carbocycles. The molecule has 0 spiro atoms. The number of benzene rings is 2. The smallest absolute Gasteiger partial charge is 0.252 e. The van der Waals surface area contributed by atoms with E-state index in [4.69, 9.17) is 11.6 Å². The lowest BCUT2D eigenvalue weighted by Crippen LogP contribution is -2.26. The van der Waals surface area contributed by atoms with Gasteiger partial charge in [0.05, 0.1) is 5.56 Å². The standard InChI is InChI=1S/C20H21ClN2OS/c1-2-11-25-19-6-4-3-5-16(19)20(24)22-10-9-14-13-23-18-8-7-15(21)12-17(14)18/h3-8,12-13,23H,2,9-11H2,1H3,(H,22,24). The third kappa shape index (κ3) is 4.39. The Morgan fingerprint density at radius 2 is 2.08 bits per heavy atom. The van der Waals surface area contributed by atoms with Crippen molar-refractivity contribution in [2.75, 3.05) is 12.3 Å². The van der Waals surface area contributed by atoms with Gasteiger partial charge in [-0.15, -0.1) is 11.8 Å². The summed E-state index contributed by atoms with van der Waals surface area (Å²) < 4.78 is 0. The van der Waals surface area contributed by atoms with Crippen molar-refractivity contribution in [1.82, 2.24) is 10.3 Å². The van der Waals surface area contributed by atoms with E-state index in [1.54, 1.807) is 11.8 Å². The van der Waals surface area contributed by atoms with Gasteiger partial charge in [0.2, 0.25) is 0 Å². The minimum Gasteiger partial charge on any atom is -0.361 e. The molecule has 3 rings (SSSR count). The van der Waals surface area contributed by atoms with Gasteiger partial charge in [-0.3, -0.25) is 4.79 Å². The fourth-order valence-corrected chi connectivity index (χ4v) is 3.84. The van der Waals surface area contributed by atoms with E-state index >= 15 is 0 Å². The van der Waals surface area contributed by atoms with Gasteiger partial charge >= 0.3 is 0 Å². The summed E-state index contributed by atoms with van der Waals surface area (Å²) in [5.74, 6) is 0.998. The van der Waals surface area contributed by atoms with Crippen molar-refractivity contribution in [3.05, 3.63) is 64.8 Å². The number of hydrogen-bond donors (Lipinski definition) is 2. The maximum atomic E-state index is 12.5. The Hall–Kier alpha value is -1.91. The number of aromatic amines is 1. The van der Waals surface area contributed by atoms with Crippen LogP contribution in [-0.2, 0) is 6.42 Å². The van der Waals surface area contributed by atoms with Crippen LogP contribution in [0.2, 0.25) is 5.02 Å². The van der Waals surface area contributed by atoms with E-state index in [2.05, 4.69) is 17.2 Å². The number of halogens is 1. The summed E-state index contributed by atoms with van der Waals surface area (Å²) in [7, 11) is 0. The molecule has 25 heavy (non-hydrogen) atoms. The Kier molecular flexibility index (Phi) is 6.05. The number of H-pyrrole nitrogens is 1. The first kappa shape index (κ1) is 17.9. The highest BCUT2D eigenvalue weighted by Gasteiger charge is 2.11. The van der Waals surface area contributed by atoms with Crippen LogP contribution >= 0.6 is 23.4 Å². The van der Waals surface area contributed by atoms with E-state index < -0.39 is 0 Å². The van der Waals surface area contributed by atoms with Gasteiger partial charge in [-0.1, -0.05) is 30.7 Å². The zero-order valence-electron chi connectivity index (χ0n) is 14.1. The Morgan fingerprint density at radius 3 is 2.92 bits per heavy atom. The van der Waals surface area contributed by atoms with Crippen molar-refractivity contribution < 1.29 is 4.79 Å². The molecule has 5 heteroatoms. The second kappa shape index (κ2) is 8.45. The van der Waals surface area contributed by atoms with Gasteiger partial charge in [0.1, 0.15) is 0 Å². The third-order valence-corrected chi connectivity index (χ3v) is 5.52. The van der Waals surface area contributed by atoms with Crippen LogP contribution in [0.5, 0.6) is 0 Å². The first-order valence-corrected chi connectivity index (χ1v) is 9.81. The summed E-state index contributed by atoms with van der Waals surface area (Å²) in [6, 6.07) is 13.6. The second-order valence-electron chi connectivity index (χ2n) is 5.85. The number of thioether (sulfide) groups is 1. The molecule has 0 saturated carbocycles. The second-order valence-corrected chi connectivity index (χ2v) is 7.43. The Balaban J connectivity index is 1.64. The van der Waals surface area contributed by atoms with E-state index in [-0.39, 0.29) is 5.91 Å². The van der Waals surface area contributed by atoms with Gasteiger partial charge in [0, 0.05) is 33.6 Å². The lowest BCUT2D eigenvalue weighted by molar-refractivity contribution is 0.0951. The summed E-state index contributed by atoms with van der Waals surface area (Å²) in [6.45, 7) is 2.73. The van der Waals surface area contributed by atoms with Crippen molar-refractivity contribution in [2.45, 2.75) is 24.7 Å². The predicted molar refractivity (Wildman–Crippen MR) is 107 cm³/mol. The number of fused-ring (bicyclic) bond motifs is 1. The highest BCUT2D eigenvalue weighted by molar-refractivity contribution is 7.99. The number of carbonyl (C=O) groups is 1. The maximum absolute atomic E-state index is 12.5. The molecule has 1 amide bonds. The summed E-state index contributed by atoms with van der Waals surface area (Å²) in [6.07, 6.45) is 3.83. The molecular formula is C20H21ClN2OS. The lowest BCUT2D eigenvalue weighted by atomic mass is 10.1. The Labute approximate surface area is 157 Å². The van der Waals surface area contributed by atoms with Gasteiger partial charge in [-0.05, 0) is 54.5 Å². The quantitative estimate of drug-likeness (QED) is 0.553. The number of nitrogens with one attached hydrogen (secondary N) is 2. The molecule has 0 atom stereocenters. The molecule has 3 nitrogen and oxygen atoms in total. The van der Waals surface area contributed by atoms with Crippen LogP contribution in [0, 0.1) is 0 Å². The zero-order valence-corrected chi connectivity index (χ0v) is 15.7. The van der Waals surface area contributed by atoms with Crippen molar-refractivity contribution in [1.29, 1.82) is 0 Å². The number of rotatable bonds is 7. The molecule has 0 radical (unpaired) electrons. The molecule has 0 aliphatic heterocycles. The molecule has 0 unspecified atom stereocenters. The van der Waals surface area contributed by atoms with Gasteiger partial charge < -0.3 is 10.3 Å². The normalized spacial score (nSPS) is 11.0. The van der Waals surface area contributed by atoms with E-state index in [0.29, 0.717) is 6.54 Å². The average molecular weight is 373 g/mol. The summed E-state index contributed by atoms with van der Waals surface area (Å²) >= 11 is 7.81. The molecule has 1 aromatic heterocycles. The first-order valence-electron chi connectivity index (χ1n) is 8.44. The minimum atomic E-state index is -0.0166. The van der Waals surface area contributed by atoms with Crippen molar-refractivity contribution in [2.24, 2.45) is 0 Å². The van der Waals surface area contributed by atoms with Crippen LogP contribution in [0.4, 0.5) is 0 Å². The lowest BCUT2D eigenvalue weighted by Gasteiger charge is -2.09. The Bertz CT molecular complexity index is 875. The molecule has 0 fully saturated rings. The summed E-state index contributed by atoms with van der Waals surface area (Å²) in [5, 5.41) is 4.87. The monoisotopic (exact) mass is 372 g/mol. The number of carbonyl (C=O) groups excluding carboxylic acids is 1. The van der Waals surface area contributed by atoms with Crippen LogP contribution in [0.1, 0.15) is 29.3 Å². The van der Waals surface area contributed by atoms with Gasteiger partial charge in [0.25, 0.3) is 5.91 Å². The van der Waals surface area contributed by atoms with Gasteiger partial charge in [-0.25, -0.2) is 0 Å². The van der Waals surface area contributed by atoms with Crippen LogP contribution in [0.15, 0.2) is 53.6 Å². The SMILES string of the molecule is CCCSc1ccccc1C(=O)NCCc1c[nH]c2ccc(Cl)cc12. The van der Waals surface area contributed by atoms with Crippen LogP contribution in [-0.4, -0.2) is 23.2 Å². The molecule has 130 valence electrons. The van der Waals surface area contributed by atoms with E-state index in [9.17, 15) is 4.79 Å². The van der Waals surface area contributed by atoms with Crippen LogP contribution in [0.3, 0.4) is 0 Å².